The normalized spacial score (nSPS) is 26.9. The second-order valence-corrected chi connectivity index (χ2v) is 15.0. The monoisotopic (exact) mass is 752 g/mol. The zero-order chi connectivity index (χ0) is 38.3. The predicted octanol–water partition coefficient (Wildman–Crippen LogP) is 6.03. The van der Waals surface area contributed by atoms with Gasteiger partial charge in [0.15, 0.2) is 0 Å². The Bertz CT molecular complexity index is 1660. The van der Waals surface area contributed by atoms with E-state index in [0.29, 0.717) is 29.0 Å². The van der Waals surface area contributed by atoms with Gasteiger partial charge in [0, 0.05) is 82.7 Å². The SMILES string of the molecule is CC[C@H]1CN(C(=O)[C@]2(F)CN(CC(=O)N3CCC(F)(F)CC3)C[C@H]2c2ccc(OC)cc2)C[C@@H]1c1ccc(C(F)(F)F)cc1N1CCC(C(=O)O)CC1. The maximum absolute atomic E-state index is 17.7. The number of anilines is 1. The molecule has 1 N–H and O–H groups in total. The molecule has 4 saturated heterocycles. The molecule has 9 nitrogen and oxygen atoms in total. The van der Waals surface area contributed by atoms with Gasteiger partial charge < -0.3 is 24.5 Å². The number of hydrogen-bond acceptors (Lipinski definition) is 6. The molecule has 53 heavy (non-hydrogen) atoms. The van der Waals surface area contributed by atoms with Gasteiger partial charge in [0.2, 0.25) is 11.6 Å². The smallest absolute Gasteiger partial charge is 0.416 e. The molecule has 4 atom stereocenters. The third kappa shape index (κ3) is 8.09. The van der Waals surface area contributed by atoms with E-state index in [4.69, 9.17) is 4.74 Å². The quantitative estimate of drug-likeness (QED) is 0.313. The van der Waals surface area contributed by atoms with Gasteiger partial charge in [0.1, 0.15) is 5.75 Å². The van der Waals surface area contributed by atoms with Gasteiger partial charge in [-0.3, -0.25) is 19.3 Å². The first-order valence-corrected chi connectivity index (χ1v) is 18.2. The second-order valence-electron chi connectivity index (χ2n) is 15.0. The minimum absolute atomic E-state index is 0.0220. The van der Waals surface area contributed by atoms with Gasteiger partial charge in [0.25, 0.3) is 11.8 Å². The van der Waals surface area contributed by atoms with E-state index in [0.717, 1.165) is 12.1 Å². The van der Waals surface area contributed by atoms with E-state index >= 15 is 4.39 Å². The summed E-state index contributed by atoms with van der Waals surface area (Å²) >= 11 is 0. The number of benzene rings is 2. The standard InChI is InChI=1S/C38H46F6N4O5/c1-3-24-19-48(20-30(24)29-9-6-27(38(42,43)44)18-32(29)46-14-10-26(11-15-46)34(50)51)35(52)37(41)23-45(21-31(37)25-4-7-28(53-2)8-5-25)22-33(49)47-16-12-36(39,40)13-17-47/h4-9,18,24,26,30-31H,3,10-17,19-23H2,1-2H3,(H,50,51)/t24-,30-,31-,37-/m0/s1. The number of carboxylic acids is 1. The lowest BCUT2D eigenvalue weighted by Crippen LogP contribution is -2.50. The number of methoxy groups -OCH3 is 1. The molecule has 15 heteroatoms. The molecular weight excluding hydrogens is 706 g/mol. The van der Waals surface area contributed by atoms with Gasteiger partial charge in [-0.15, -0.1) is 0 Å². The Kier molecular flexibility index (Phi) is 11.0. The molecule has 0 bridgehead atoms. The molecule has 0 saturated carbocycles. The fraction of sp³-hybridized carbons (Fsp3) is 0.605. The Hall–Kier alpha value is -4.01. The van der Waals surface area contributed by atoms with Crippen LogP contribution in [0.15, 0.2) is 42.5 Å². The third-order valence-electron chi connectivity index (χ3n) is 11.7. The molecule has 6 rings (SSSR count). The summed E-state index contributed by atoms with van der Waals surface area (Å²) in [5.74, 6) is -6.63. The topological polar surface area (TPSA) is 93.6 Å². The van der Waals surface area contributed by atoms with Crippen LogP contribution < -0.4 is 9.64 Å². The number of likely N-dealkylation sites (tertiary alicyclic amines) is 3. The van der Waals surface area contributed by atoms with Crippen molar-refractivity contribution in [2.24, 2.45) is 11.8 Å². The molecule has 0 unspecified atom stereocenters. The van der Waals surface area contributed by atoms with Crippen molar-refractivity contribution in [1.29, 1.82) is 0 Å². The molecule has 2 aromatic rings. The van der Waals surface area contributed by atoms with Crippen molar-refractivity contribution in [3.63, 3.8) is 0 Å². The van der Waals surface area contributed by atoms with Crippen molar-refractivity contribution in [2.75, 3.05) is 70.9 Å². The first kappa shape index (κ1) is 38.7. The Morgan fingerprint density at radius 3 is 2.15 bits per heavy atom. The van der Waals surface area contributed by atoms with Crippen LogP contribution in [0.1, 0.15) is 67.6 Å². The summed E-state index contributed by atoms with van der Waals surface area (Å²) in [7, 11) is 1.49. The maximum Gasteiger partial charge on any atom is 0.416 e. The number of piperidine rings is 2. The van der Waals surface area contributed by atoms with E-state index in [9.17, 15) is 41.4 Å². The Morgan fingerprint density at radius 2 is 1.57 bits per heavy atom. The Balaban J connectivity index is 1.27. The highest BCUT2D eigenvalue weighted by Crippen LogP contribution is 2.46. The van der Waals surface area contributed by atoms with Gasteiger partial charge in [-0.2, -0.15) is 13.2 Å². The van der Waals surface area contributed by atoms with Crippen molar-refractivity contribution in [3.8, 4) is 5.75 Å². The predicted molar refractivity (Wildman–Crippen MR) is 184 cm³/mol. The molecule has 0 radical (unpaired) electrons. The van der Waals surface area contributed by atoms with Crippen LogP contribution in [0.5, 0.6) is 5.75 Å². The molecule has 0 spiro atoms. The number of nitrogens with zero attached hydrogens (tertiary/aromatic N) is 4. The van der Waals surface area contributed by atoms with E-state index in [1.807, 2.05) is 6.92 Å². The zero-order valence-electron chi connectivity index (χ0n) is 29.9. The first-order chi connectivity index (χ1) is 25.0. The fourth-order valence-electron chi connectivity index (χ4n) is 8.56. The number of ether oxygens (including phenoxy) is 1. The van der Waals surface area contributed by atoms with Crippen molar-refractivity contribution >= 4 is 23.5 Å². The van der Waals surface area contributed by atoms with Crippen LogP contribution in [0.2, 0.25) is 0 Å². The number of carbonyl (C=O) groups excluding carboxylic acids is 2. The number of alkyl halides is 6. The second kappa shape index (κ2) is 15.0. The van der Waals surface area contributed by atoms with Crippen LogP contribution in [0, 0.1) is 11.8 Å². The average Bonchev–Trinajstić information content (AvgIpc) is 3.72. The van der Waals surface area contributed by atoms with Crippen molar-refractivity contribution < 1.29 is 50.6 Å². The van der Waals surface area contributed by atoms with Gasteiger partial charge in [-0.05, 0) is 54.2 Å². The maximum atomic E-state index is 17.7. The molecule has 4 aliphatic rings. The minimum atomic E-state index is -4.61. The largest absolute Gasteiger partial charge is 0.497 e. The minimum Gasteiger partial charge on any atom is -0.497 e. The van der Waals surface area contributed by atoms with Crippen molar-refractivity contribution in [3.05, 3.63) is 59.2 Å². The lowest BCUT2D eigenvalue weighted by molar-refractivity contribution is -0.144. The summed E-state index contributed by atoms with van der Waals surface area (Å²) in [6.45, 7) is 1.80. The fourth-order valence-corrected chi connectivity index (χ4v) is 8.56. The Morgan fingerprint density at radius 1 is 0.906 bits per heavy atom. The highest BCUT2D eigenvalue weighted by Gasteiger charge is 2.57. The van der Waals surface area contributed by atoms with E-state index in [1.54, 1.807) is 34.1 Å². The van der Waals surface area contributed by atoms with Gasteiger partial charge in [-0.1, -0.05) is 31.5 Å². The molecule has 0 aromatic heterocycles. The molecule has 290 valence electrons. The Labute approximate surface area is 304 Å². The number of rotatable bonds is 9. The summed E-state index contributed by atoms with van der Waals surface area (Å²) in [5, 5.41) is 9.50. The van der Waals surface area contributed by atoms with Crippen LogP contribution in [-0.2, 0) is 20.6 Å². The summed E-state index contributed by atoms with van der Waals surface area (Å²) in [5.41, 5.74) is -1.85. The number of aliphatic carboxylic acids is 1. The van der Waals surface area contributed by atoms with Crippen LogP contribution >= 0.6 is 0 Å². The van der Waals surface area contributed by atoms with Crippen molar-refractivity contribution in [1.82, 2.24) is 14.7 Å². The van der Waals surface area contributed by atoms with Crippen LogP contribution in [0.3, 0.4) is 0 Å². The molecule has 2 amide bonds. The van der Waals surface area contributed by atoms with E-state index in [-0.39, 0.29) is 71.1 Å². The summed E-state index contributed by atoms with van der Waals surface area (Å²) in [6.07, 6.45) is -4.40. The van der Waals surface area contributed by atoms with Gasteiger partial charge >= 0.3 is 12.1 Å². The van der Waals surface area contributed by atoms with E-state index in [1.165, 1.54) is 23.0 Å². The number of carboxylic acid groups (broad SMARTS) is 1. The van der Waals surface area contributed by atoms with Crippen molar-refractivity contribution in [2.45, 2.75) is 68.6 Å². The number of hydrogen-bond donors (Lipinski definition) is 1. The summed E-state index contributed by atoms with van der Waals surface area (Å²) in [6, 6.07) is 10.2. The molecular formula is C38H46F6N4O5. The lowest BCUT2D eigenvalue weighted by Gasteiger charge is -2.35. The van der Waals surface area contributed by atoms with E-state index in [2.05, 4.69) is 0 Å². The van der Waals surface area contributed by atoms with E-state index < -0.39 is 78.3 Å². The van der Waals surface area contributed by atoms with Gasteiger partial charge in [-0.25, -0.2) is 13.2 Å². The zero-order valence-corrected chi connectivity index (χ0v) is 29.9. The highest BCUT2D eigenvalue weighted by atomic mass is 19.4. The molecule has 0 aliphatic carbocycles. The number of halogens is 6. The lowest BCUT2D eigenvalue weighted by atomic mass is 9.84. The van der Waals surface area contributed by atoms with Crippen LogP contribution in [-0.4, -0.2) is 115 Å². The molecule has 2 aromatic carbocycles. The van der Waals surface area contributed by atoms with Crippen LogP contribution in [0.4, 0.5) is 32.0 Å². The molecule has 4 heterocycles. The van der Waals surface area contributed by atoms with Gasteiger partial charge in [0.05, 0.1) is 25.1 Å². The number of amides is 2. The number of carbonyl (C=O) groups is 3. The highest BCUT2D eigenvalue weighted by molar-refractivity contribution is 5.88. The summed E-state index contributed by atoms with van der Waals surface area (Å²) < 4.78 is 92.3. The molecule has 4 fully saturated rings. The third-order valence-corrected chi connectivity index (χ3v) is 11.7. The first-order valence-electron chi connectivity index (χ1n) is 18.2. The summed E-state index contributed by atoms with van der Waals surface area (Å²) in [4.78, 5) is 45.4. The van der Waals surface area contributed by atoms with Crippen LogP contribution in [0.25, 0.3) is 0 Å². The average molecular weight is 753 g/mol. The molecule has 4 aliphatic heterocycles.